The highest BCUT2D eigenvalue weighted by atomic mass is 32.2. The molecule has 1 aromatic heterocycles. The fraction of sp³-hybridized carbons (Fsp3) is 0.333. The van der Waals surface area contributed by atoms with Crippen LogP contribution in [-0.4, -0.2) is 31.8 Å². The van der Waals surface area contributed by atoms with E-state index in [1.54, 1.807) is 13.0 Å². The number of carbonyl (C=O) groups is 1. The summed E-state index contributed by atoms with van der Waals surface area (Å²) in [5.74, 6) is 0.969. The molecule has 2 aromatic rings. The van der Waals surface area contributed by atoms with E-state index in [1.165, 1.54) is 24.3 Å². The Morgan fingerprint density at radius 1 is 1.35 bits per heavy atom. The van der Waals surface area contributed by atoms with Crippen LogP contribution in [0, 0.1) is 6.92 Å². The van der Waals surface area contributed by atoms with E-state index in [1.807, 2.05) is 6.92 Å². The maximum atomic E-state index is 12.2. The van der Waals surface area contributed by atoms with Gasteiger partial charge in [0.25, 0.3) is 5.91 Å². The maximum absolute atomic E-state index is 12.2. The Hall–Kier alpha value is -2.35. The highest BCUT2D eigenvalue weighted by Crippen LogP contribution is 2.18. The topological polar surface area (TPSA) is 98.5 Å². The van der Waals surface area contributed by atoms with Crippen molar-refractivity contribution in [2.75, 3.05) is 11.6 Å². The number of hydrogen-bond donors (Lipinski definition) is 1. The largest absolute Gasteiger partial charge is 0.481 e. The first kappa shape index (κ1) is 17.0. The number of carbonyl (C=O) groups excluding carboxylic acids is 1. The maximum Gasteiger partial charge on any atom is 0.266 e. The summed E-state index contributed by atoms with van der Waals surface area (Å²) in [6, 6.07) is 7.53. The average Bonchev–Trinajstić information content (AvgIpc) is 2.89. The van der Waals surface area contributed by atoms with Crippen LogP contribution < -0.4 is 10.1 Å². The van der Waals surface area contributed by atoms with E-state index >= 15 is 0 Å². The average molecular weight is 338 g/mol. The third-order valence-electron chi connectivity index (χ3n) is 3.07. The molecule has 0 bridgehead atoms. The molecule has 0 aliphatic carbocycles. The molecular weight excluding hydrogens is 320 g/mol. The lowest BCUT2D eigenvalue weighted by molar-refractivity contribution is -0.122. The van der Waals surface area contributed by atoms with Crippen molar-refractivity contribution in [2.45, 2.75) is 31.3 Å². The monoisotopic (exact) mass is 338 g/mol. The van der Waals surface area contributed by atoms with Crippen LogP contribution in [0.4, 0.5) is 5.82 Å². The molecule has 1 amide bonds. The molecule has 1 heterocycles. The highest BCUT2D eigenvalue weighted by molar-refractivity contribution is 7.90. The van der Waals surface area contributed by atoms with Gasteiger partial charge in [0.15, 0.2) is 21.8 Å². The van der Waals surface area contributed by atoms with Crippen molar-refractivity contribution in [3.63, 3.8) is 0 Å². The number of sulfone groups is 1. The molecule has 0 radical (unpaired) electrons. The SMILES string of the molecule is CC[C@@H](Oc1ccc(S(C)(=O)=O)cc1)C(=O)Nc1cc(C)on1. The van der Waals surface area contributed by atoms with Crippen molar-refractivity contribution in [3.8, 4) is 5.75 Å². The third-order valence-corrected chi connectivity index (χ3v) is 4.20. The Morgan fingerprint density at radius 2 is 2.00 bits per heavy atom. The quantitative estimate of drug-likeness (QED) is 0.867. The molecule has 1 aromatic carbocycles. The van der Waals surface area contributed by atoms with Crippen LogP contribution in [-0.2, 0) is 14.6 Å². The number of hydrogen-bond acceptors (Lipinski definition) is 6. The van der Waals surface area contributed by atoms with Gasteiger partial charge in [0.1, 0.15) is 11.5 Å². The zero-order valence-electron chi connectivity index (χ0n) is 13.1. The molecule has 23 heavy (non-hydrogen) atoms. The van der Waals surface area contributed by atoms with Gasteiger partial charge in [-0.25, -0.2) is 8.42 Å². The van der Waals surface area contributed by atoms with Gasteiger partial charge in [-0.3, -0.25) is 4.79 Å². The number of rotatable bonds is 6. The molecule has 0 spiro atoms. The zero-order valence-corrected chi connectivity index (χ0v) is 13.9. The highest BCUT2D eigenvalue weighted by Gasteiger charge is 2.20. The van der Waals surface area contributed by atoms with Gasteiger partial charge in [0.05, 0.1) is 4.90 Å². The molecule has 8 heteroatoms. The van der Waals surface area contributed by atoms with Crippen LogP contribution in [0.2, 0.25) is 0 Å². The summed E-state index contributed by atoms with van der Waals surface area (Å²) < 4.78 is 33.3. The molecule has 7 nitrogen and oxygen atoms in total. The number of aryl methyl sites for hydroxylation is 1. The van der Waals surface area contributed by atoms with E-state index in [4.69, 9.17) is 9.26 Å². The van der Waals surface area contributed by atoms with Crippen molar-refractivity contribution >= 4 is 21.6 Å². The van der Waals surface area contributed by atoms with Crippen LogP contribution >= 0.6 is 0 Å². The Balaban J connectivity index is 2.05. The molecular formula is C15H18N2O5S. The van der Waals surface area contributed by atoms with Crippen molar-refractivity contribution in [2.24, 2.45) is 0 Å². The van der Waals surface area contributed by atoms with Gasteiger partial charge in [-0.2, -0.15) is 0 Å². The summed E-state index contributed by atoms with van der Waals surface area (Å²) in [5.41, 5.74) is 0. The third kappa shape index (κ3) is 4.56. The summed E-state index contributed by atoms with van der Waals surface area (Å²) in [6.07, 6.45) is 0.845. The summed E-state index contributed by atoms with van der Waals surface area (Å²) in [6.45, 7) is 3.53. The lowest BCUT2D eigenvalue weighted by Crippen LogP contribution is -2.32. The van der Waals surface area contributed by atoms with E-state index in [0.717, 1.165) is 6.26 Å². The lowest BCUT2D eigenvalue weighted by atomic mass is 10.2. The number of nitrogens with one attached hydrogen (secondary N) is 1. The number of benzene rings is 1. The lowest BCUT2D eigenvalue weighted by Gasteiger charge is -2.16. The van der Waals surface area contributed by atoms with Crippen LogP contribution in [0.15, 0.2) is 39.8 Å². The number of aromatic nitrogens is 1. The minimum Gasteiger partial charge on any atom is -0.481 e. The molecule has 2 rings (SSSR count). The number of nitrogens with zero attached hydrogens (tertiary/aromatic N) is 1. The van der Waals surface area contributed by atoms with Gasteiger partial charge in [-0.1, -0.05) is 12.1 Å². The van der Waals surface area contributed by atoms with Crippen LogP contribution in [0.3, 0.4) is 0 Å². The summed E-state index contributed by atoms with van der Waals surface area (Å²) in [4.78, 5) is 12.4. The van der Waals surface area contributed by atoms with E-state index in [2.05, 4.69) is 10.5 Å². The predicted molar refractivity (Wildman–Crippen MR) is 84.1 cm³/mol. The fourth-order valence-corrected chi connectivity index (χ4v) is 2.51. The Bertz CT molecular complexity index is 780. The Kier molecular flexibility index (Phi) is 5.05. The van der Waals surface area contributed by atoms with Crippen molar-refractivity contribution in [1.29, 1.82) is 0 Å². The molecule has 0 aliphatic heterocycles. The van der Waals surface area contributed by atoms with Crippen LogP contribution in [0.5, 0.6) is 5.75 Å². The van der Waals surface area contributed by atoms with Crippen LogP contribution in [0.1, 0.15) is 19.1 Å². The molecule has 0 aliphatic rings. The van der Waals surface area contributed by atoms with E-state index in [0.29, 0.717) is 23.7 Å². The predicted octanol–water partition coefficient (Wildman–Crippen LogP) is 2.18. The van der Waals surface area contributed by atoms with Gasteiger partial charge in [-0.05, 0) is 37.6 Å². The van der Waals surface area contributed by atoms with Crippen LogP contribution in [0.25, 0.3) is 0 Å². The molecule has 0 unspecified atom stereocenters. The second kappa shape index (κ2) is 6.82. The van der Waals surface area contributed by atoms with E-state index in [9.17, 15) is 13.2 Å². The number of amides is 1. The summed E-state index contributed by atoms with van der Waals surface area (Å²) in [5, 5.41) is 6.29. The van der Waals surface area contributed by atoms with Gasteiger partial charge >= 0.3 is 0 Å². The Morgan fingerprint density at radius 3 is 2.48 bits per heavy atom. The first-order chi connectivity index (χ1) is 10.8. The molecule has 124 valence electrons. The molecule has 1 N–H and O–H groups in total. The summed E-state index contributed by atoms with van der Waals surface area (Å²) >= 11 is 0. The minimum absolute atomic E-state index is 0.195. The zero-order chi connectivity index (χ0) is 17.0. The summed E-state index contributed by atoms with van der Waals surface area (Å²) in [7, 11) is -3.26. The first-order valence-corrected chi connectivity index (χ1v) is 8.89. The second-order valence-electron chi connectivity index (χ2n) is 5.07. The standard InChI is InChI=1S/C15H18N2O5S/c1-4-13(15(18)16-14-9-10(2)22-17-14)21-11-5-7-12(8-6-11)23(3,19)20/h5-9,13H,4H2,1-3H3,(H,16,17,18)/t13-/m1/s1. The van der Waals surface area contributed by atoms with Crippen molar-refractivity contribution in [1.82, 2.24) is 5.16 Å². The molecule has 1 atom stereocenters. The molecule has 0 saturated carbocycles. The smallest absolute Gasteiger partial charge is 0.266 e. The first-order valence-electron chi connectivity index (χ1n) is 7.00. The molecule has 0 saturated heterocycles. The fourth-order valence-electron chi connectivity index (χ4n) is 1.88. The van der Waals surface area contributed by atoms with E-state index in [-0.39, 0.29) is 10.8 Å². The normalized spacial score (nSPS) is 12.7. The van der Waals surface area contributed by atoms with Gasteiger partial charge < -0.3 is 14.6 Å². The molecule has 0 fully saturated rings. The van der Waals surface area contributed by atoms with Crippen molar-refractivity contribution < 1.29 is 22.5 Å². The Labute approximate surface area is 134 Å². The van der Waals surface area contributed by atoms with Gasteiger partial charge in [-0.15, -0.1) is 0 Å². The van der Waals surface area contributed by atoms with E-state index < -0.39 is 15.9 Å². The van der Waals surface area contributed by atoms with Crippen molar-refractivity contribution in [3.05, 3.63) is 36.1 Å². The number of ether oxygens (including phenoxy) is 1. The minimum atomic E-state index is -3.26. The second-order valence-corrected chi connectivity index (χ2v) is 7.09. The van der Waals surface area contributed by atoms with Gasteiger partial charge in [0, 0.05) is 12.3 Å². The van der Waals surface area contributed by atoms with Gasteiger partial charge in [0.2, 0.25) is 0 Å². The number of anilines is 1.